The summed E-state index contributed by atoms with van der Waals surface area (Å²) in [5.74, 6) is -2.81. The van der Waals surface area contributed by atoms with Crippen molar-refractivity contribution in [2.24, 2.45) is 0 Å². The predicted molar refractivity (Wildman–Crippen MR) is 44.9 cm³/mol. The molecular weight excluding hydrogens is 171 g/mol. The lowest BCUT2D eigenvalue weighted by Gasteiger charge is -2.08. The first-order valence-electron chi connectivity index (χ1n) is 3.75. The Hall–Kier alpha value is -1.77. The van der Waals surface area contributed by atoms with E-state index in [2.05, 4.69) is 0 Å². The third-order valence-corrected chi connectivity index (χ3v) is 1.91. The van der Waals surface area contributed by atoms with Crippen LogP contribution in [0.5, 0.6) is 0 Å². The van der Waals surface area contributed by atoms with Gasteiger partial charge in [0.2, 0.25) is 5.78 Å². The highest BCUT2D eigenvalue weighted by atomic mass is 19.1. The van der Waals surface area contributed by atoms with E-state index in [1.165, 1.54) is 6.07 Å². The molecular formula is C10H5FO2. The van der Waals surface area contributed by atoms with Crippen LogP contribution in [0, 0.1) is 0 Å². The summed E-state index contributed by atoms with van der Waals surface area (Å²) in [6, 6.07) is 6.44. The highest BCUT2D eigenvalue weighted by Crippen LogP contribution is 2.21. The van der Waals surface area contributed by atoms with Crippen molar-refractivity contribution >= 4 is 17.6 Å². The Bertz CT molecular complexity index is 432. The second-order valence-corrected chi connectivity index (χ2v) is 2.74. The first-order chi connectivity index (χ1) is 6.20. The van der Waals surface area contributed by atoms with Crippen LogP contribution in [0.15, 0.2) is 30.1 Å². The standard InChI is InChI=1S/C10H5FO2/c11-8-5-6-3-1-2-4-7(6)9(12)10(8)13/h1-5H. The smallest absolute Gasteiger partial charge is 0.261 e. The van der Waals surface area contributed by atoms with E-state index in [0.29, 0.717) is 5.56 Å². The van der Waals surface area contributed by atoms with Gasteiger partial charge in [-0.1, -0.05) is 24.3 Å². The van der Waals surface area contributed by atoms with Crippen molar-refractivity contribution in [3.05, 3.63) is 41.2 Å². The molecule has 0 bridgehead atoms. The molecule has 1 aromatic carbocycles. The molecule has 0 spiro atoms. The molecule has 0 saturated carbocycles. The van der Waals surface area contributed by atoms with Gasteiger partial charge in [-0.05, 0) is 11.6 Å². The first-order valence-corrected chi connectivity index (χ1v) is 3.75. The van der Waals surface area contributed by atoms with E-state index in [0.717, 1.165) is 6.08 Å². The maximum atomic E-state index is 12.8. The van der Waals surface area contributed by atoms with Gasteiger partial charge in [0.15, 0.2) is 5.83 Å². The normalized spacial score (nSPS) is 15.3. The minimum absolute atomic E-state index is 0.272. The minimum Gasteiger partial charge on any atom is -0.285 e. The number of halogens is 1. The number of fused-ring (bicyclic) bond motifs is 1. The maximum absolute atomic E-state index is 12.8. The zero-order valence-corrected chi connectivity index (χ0v) is 6.58. The van der Waals surface area contributed by atoms with E-state index in [1.54, 1.807) is 18.2 Å². The summed E-state index contributed by atoms with van der Waals surface area (Å²) in [5.41, 5.74) is 0.735. The number of Topliss-reactive ketones (excluding diaryl/α,β-unsaturated/α-hetero) is 2. The van der Waals surface area contributed by atoms with Crippen LogP contribution < -0.4 is 0 Å². The fraction of sp³-hybridized carbons (Fsp3) is 0. The highest BCUT2D eigenvalue weighted by molar-refractivity contribution is 6.51. The minimum atomic E-state index is -1.06. The van der Waals surface area contributed by atoms with Crippen molar-refractivity contribution in [1.82, 2.24) is 0 Å². The number of rotatable bonds is 0. The fourth-order valence-electron chi connectivity index (χ4n) is 1.26. The molecule has 0 radical (unpaired) electrons. The summed E-state index contributed by atoms with van der Waals surface area (Å²) in [7, 11) is 0. The number of allylic oxidation sites excluding steroid dienone is 1. The number of hydrogen-bond acceptors (Lipinski definition) is 2. The topological polar surface area (TPSA) is 34.1 Å². The Morgan fingerprint density at radius 2 is 1.69 bits per heavy atom. The Morgan fingerprint density at radius 1 is 1.00 bits per heavy atom. The van der Waals surface area contributed by atoms with Crippen LogP contribution in [0.2, 0.25) is 0 Å². The molecule has 0 atom stereocenters. The summed E-state index contributed by atoms with van der Waals surface area (Å²) >= 11 is 0. The van der Waals surface area contributed by atoms with Crippen LogP contribution in [0.3, 0.4) is 0 Å². The summed E-state index contributed by atoms with van der Waals surface area (Å²) in [4.78, 5) is 22.1. The van der Waals surface area contributed by atoms with Crippen molar-refractivity contribution < 1.29 is 14.0 Å². The van der Waals surface area contributed by atoms with Crippen LogP contribution in [-0.4, -0.2) is 11.6 Å². The van der Waals surface area contributed by atoms with E-state index in [1.807, 2.05) is 0 Å². The number of carbonyl (C=O) groups is 2. The number of ketones is 2. The van der Waals surface area contributed by atoms with Gasteiger partial charge >= 0.3 is 0 Å². The average Bonchev–Trinajstić information content (AvgIpc) is 2.15. The summed E-state index contributed by atoms with van der Waals surface area (Å²) in [6.45, 7) is 0. The van der Waals surface area contributed by atoms with Crippen molar-refractivity contribution in [1.29, 1.82) is 0 Å². The van der Waals surface area contributed by atoms with Gasteiger partial charge in [0, 0.05) is 5.56 Å². The van der Waals surface area contributed by atoms with Crippen molar-refractivity contribution in [3.8, 4) is 0 Å². The van der Waals surface area contributed by atoms with Gasteiger partial charge in [-0.15, -0.1) is 0 Å². The van der Waals surface area contributed by atoms with Crippen LogP contribution in [0.1, 0.15) is 15.9 Å². The van der Waals surface area contributed by atoms with Gasteiger partial charge in [-0.3, -0.25) is 9.59 Å². The molecule has 0 heterocycles. The zero-order valence-electron chi connectivity index (χ0n) is 6.58. The quantitative estimate of drug-likeness (QED) is 0.564. The second-order valence-electron chi connectivity index (χ2n) is 2.74. The number of carbonyl (C=O) groups excluding carboxylic acids is 2. The average molecular weight is 176 g/mol. The molecule has 0 aromatic heterocycles. The maximum Gasteiger partial charge on any atom is 0.261 e. The number of benzene rings is 1. The molecule has 0 N–H and O–H groups in total. The van der Waals surface area contributed by atoms with E-state index < -0.39 is 17.4 Å². The van der Waals surface area contributed by atoms with Crippen molar-refractivity contribution in [3.63, 3.8) is 0 Å². The van der Waals surface area contributed by atoms with Gasteiger partial charge in [0.25, 0.3) is 5.78 Å². The summed E-state index contributed by atoms with van der Waals surface area (Å²) < 4.78 is 12.8. The summed E-state index contributed by atoms with van der Waals surface area (Å²) in [5, 5.41) is 0. The molecule has 0 aliphatic heterocycles. The molecule has 64 valence electrons. The molecule has 0 fully saturated rings. The molecule has 0 amide bonds. The third-order valence-electron chi connectivity index (χ3n) is 1.91. The third kappa shape index (κ3) is 1.09. The largest absolute Gasteiger partial charge is 0.285 e. The fourth-order valence-corrected chi connectivity index (χ4v) is 1.26. The lowest BCUT2D eigenvalue weighted by Crippen LogP contribution is -2.19. The second kappa shape index (κ2) is 2.62. The lowest BCUT2D eigenvalue weighted by molar-refractivity contribution is -0.113. The molecule has 2 rings (SSSR count). The first kappa shape index (κ1) is 7.86. The van der Waals surface area contributed by atoms with Gasteiger partial charge in [0.1, 0.15) is 0 Å². The van der Waals surface area contributed by atoms with Crippen molar-refractivity contribution in [2.75, 3.05) is 0 Å². The van der Waals surface area contributed by atoms with Gasteiger partial charge in [-0.2, -0.15) is 0 Å². The van der Waals surface area contributed by atoms with Crippen LogP contribution in [0.25, 0.3) is 6.08 Å². The van der Waals surface area contributed by atoms with E-state index in [4.69, 9.17) is 0 Å². The van der Waals surface area contributed by atoms with Crippen molar-refractivity contribution in [2.45, 2.75) is 0 Å². The lowest BCUT2D eigenvalue weighted by atomic mass is 9.95. The predicted octanol–water partition coefficient (Wildman–Crippen LogP) is 1.76. The Labute approximate surface area is 73.7 Å². The van der Waals surface area contributed by atoms with E-state index >= 15 is 0 Å². The summed E-state index contributed by atoms with van der Waals surface area (Å²) in [6.07, 6.45) is 1.08. The van der Waals surface area contributed by atoms with Crippen LogP contribution in [0.4, 0.5) is 4.39 Å². The SMILES string of the molecule is O=C1C(=O)c2ccccc2C=C1F. The van der Waals surface area contributed by atoms with E-state index in [-0.39, 0.29) is 5.56 Å². The molecule has 1 aliphatic carbocycles. The van der Waals surface area contributed by atoms with Crippen LogP contribution in [-0.2, 0) is 4.79 Å². The van der Waals surface area contributed by atoms with Gasteiger partial charge < -0.3 is 0 Å². The molecule has 0 saturated heterocycles. The molecule has 1 aromatic rings. The van der Waals surface area contributed by atoms with E-state index in [9.17, 15) is 14.0 Å². The monoisotopic (exact) mass is 176 g/mol. The molecule has 2 nitrogen and oxygen atoms in total. The number of hydrogen-bond donors (Lipinski definition) is 0. The molecule has 3 heteroatoms. The Kier molecular flexibility index (Phi) is 1.59. The molecule has 0 unspecified atom stereocenters. The van der Waals surface area contributed by atoms with Gasteiger partial charge in [0.05, 0.1) is 0 Å². The zero-order chi connectivity index (χ0) is 9.42. The molecule has 1 aliphatic rings. The molecule has 13 heavy (non-hydrogen) atoms. The Balaban J connectivity index is 2.70. The Morgan fingerprint density at radius 3 is 2.46 bits per heavy atom. The van der Waals surface area contributed by atoms with Gasteiger partial charge in [-0.25, -0.2) is 4.39 Å². The highest BCUT2D eigenvalue weighted by Gasteiger charge is 2.26. The van der Waals surface area contributed by atoms with Crippen LogP contribution >= 0.6 is 0 Å².